The third-order valence-corrected chi connectivity index (χ3v) is 3.48. The van der Waals surface area contributed by atoms with Crippen LogP contribution in [0.4, 0.5) is 0 Å². The minimum atomic E-state index is -3.93. The molecule has 0 aliphatic heterocycles. The topological polar surface area (TPSA) is 85.5 Å². The van der Waals surface area contributed by atoms with Gasteiger partial charge in [-0.05, 0) is 12.5 Å². The van der Waals surface area contributed by atoms with Crippen molar-refractivity contribution < 1.29 is 21.7 Å². The van der Waals surface area contributed by atoms with E-state index in [2.05, 4.69) is 11.9 Å². The van der Waals surface area contributed by atoms with Crippen LogP contribution in [0.5, 0.6) is 0 Å². The van der Waals surface area contributed by atoms with Crippen LogP contribution in [0.15, 0.2) is 12.7 Å². The molecule has 0 aliphatic rings. The van der Waals surface area contributed by atoms with Gasteiger partial charge in [0.25, 0.3) is 0 Å². The van der Waals surface area contributed by atoms with Crippen molar-refractivity contribution in [1.29, 1.82) is 0 Å². The van der Waals surface area contributed by atoms with E-state index in [1.54, 1.807) is 0 Å². The number of amides is 1. The van der Waals surface area contributed by atoms with E-state index in [1.807, 2.05) is 13.8 Å². The fourth-order valence-electron chi connectivity index (χ4n) is 0.940. The molecule has 0 unspecified atom stereocenters. The van der Waals surface area contributed by atoms with E-state index in [0.29, 0.717) is 13.1 Å². The largest absolute Gasteiger partial charge is 0.650 e. The summed E-state index contributed by atoms with van der Waals surface area (Å²) < 4.78 is 29.4. The zero-order valence-electron chi connectivity index (χ0n) is 11.6. The number of quaternary nitrogens is 1. The zero-order valence-corrected chi connectivity index (χ0v) is 12.4. The molecule has 0 spiro atoms. The Morgan fingerprint density at radius 2 is 1.83 bits per heavy atom. The first-order valence-electron chi connectivity index (χ1n) is 5.76. The molecule has 108 valence electrons. The number of hydrogen-bond donors (Lipinski definition) is 1. The summed E-state index contributed by atoms with van der Waals surface area (Å²) in [6, 6.07) is 0. The maximum Gasteiger partial charge on any atom is 0.432 e. The second-order valence-corrected chi connectivity index (χ2v) is 6.05. The number of nitrogens with zero attached hydrogens (tertiary/aromatic N) is 2. The van der Waals surface area contributed by atoms with Gasteiger partial charge in [0.15, 0.2) is 0 Å². The van der Waals surface area contributed by atoms with Crippen LogP contribution in [0, 0.1) is 0 Å². The van der Waals surface area contributed by atoms with Gasteiger partial charge in [-0.2, -0.15) is 3.89 Å². The average Bonchev–Trinajstić information content (AvgIpc) is 2.25. The van der Waals surface area contributed by atoms with Gasteiger partial charge in [0.2, 0.25) is 0 Å². The van der Waals surface area contributed by atoms with Gasteiger partial charge < -0.3 is 10.1 Å². The predicted molar refractivity (Wildman–Crippen MR) is 72.5 cm³/mol. The van der Waals surface area contributed by atoms with Crippen molar-refractivity contribution in [3.63, 3.8) is 0 Å². The standard InChI is InChI=1S/C6H11NO.C5H13NO3S/c1-3-5-7-6(8)4-2;1-4-5-6(2,3)10(7,8)9/h4H,2-3,5H2,1H3,(H,7,8);4-5H2,1-3H3. The minimum Gasteiger partial charge on any atom is -0.650 e. The Balaban J connectivity index is 0. The molecule has 0 saturated carbocycles. The summed E-state index contributed by atoms with van der Waals surface area (Å²) in [5.74, 6) is -0.216. The molecule has 0 saturated heterocycles. The first-order chi connectivity index (χ1) is 8.12. The molecule has 7 heteroatoms. The Morgan fingerprint density at radius 1 is 1.33 bits per heavy atom. The highest BCUT2D eigenvalue weighted by Crippen LogP contribution is 2.05. The lowest BCUT2D eigenvalue weighted by molar-refractivity contribution is -0.767. The fraction of sp³-hybridized carbons (Fsp3) is 0.727. The van der Waals surface area contributed by atoms with E-state index >= 15 is 0 Å². The molecular weight excluding hydrogens is 256 g/mol. The lowest BCUT2D eigenvalue weighted by atomic mass is 10.4. The quantitative estimate of drug-likeness (QED) is 0.456. The van der Waals surface area contributed by atoms with Crippen molar-refractivity contribution in [3.05, 3.63) is 18.0 Å². The smallest absolute Gasteiger partial charge is 0.432 e. The van der Waals surface area contributed by atoms with Crippen LogP contribution in [0.1, 0.15) is 26.7 Å². The van der Waals surface area contributed by atoms with Crippen LogP contribution in [0.3, 0.4) is 0 Å². The van der Waals surface area contributed by atoms with Crippen LogP contribution >= 0.6 is 0 Å². The van der Waals surface area contributed by atoms with Gasteiger partial charge in [0.05, 0.1) is 26.5 Å². The van der Waals surface area contributed by atoms with Crippen molar-refractivity contribution >= 4 is 16.2 Å². The van der Waals surface area contributed by atoms with Gasteiger partial charge in [0.1, 0.15) is 0 Å². The Kier molecular flexibility index (Phi) is 9.78. The number of rotatable bonds is 6. The summed E-state index contributed by atoms with van der Waals surface area (Å²) in [5.41, 5.74) is 0. The predicted octanol–water partition coefficient (Wildman–Crippen LogP) is 1.76. The molecule has 0 fully saturated rings. The van der Waals surface area contributed by atoms with E-state index in [-0.39, 0.29) is 9.80 Å². The summed E-state index contributed by atoms with van der Waals surface area (Å²) in [7, 11) is -1.01. The zero-order chi connectivity index (χ0) is 14.8. The maximum absolute atomic E-state index is 10.6. The third kappa shape index (κ3) is 9.15. The second kappa shape index (κ2) is 9.07. The van der Waals surface area contributed by atoms with E-state index < -0.39 is 10.3 Å². The van der Waals surface area contributed by atoms with Crippen molar-refractivity contribution in [2.75, 3.05) is 27.2 Å². The van der Waals surface area contributed by atoms with Gasteiger partial charge >= 0.3 is 10.3 Å². The minimum absolute atomic E-state index is 0.216. The molecule has 0 heterocycles. The molecule has 0 aliphatic carbocycles. The molecule has 1 amide bonds. The molecule has 0 bridgehead atoms. The molecule has 0 rings (SSSR count). The molecular formula is C11H24N2O4S. The highest BCUT2D eigenvalue weighted by Gasteiger charge is 2.28. The van der Waals surface area contributed by atoms with Crippen molar-refractivity contribution in [3.8, 4) is 0 Å². The molecule has 0 radical (unpaired) electrons. The van der Waals surface area contributed by atoms with Gasteiger partial charge in [-0.1, -0.05) is 26.8 Å². The SMILES string of the molecule is C=CC(=O)[N-]CCC.CCC[N+](C)(C)S(=O)(=O)O. The first-order valence-corrected chi connectivity index (χ1v) is 7.16. The maximum atomic E-state index is 10.6. The van der Waals surface area contributed by atoms with Gasteiger partial charge in [-0.3, -0.25) is 0 Å². The summed E-state index contributed by atoms with van der Waals surface area (Å²) in [5, 5.41) is 3.60. The van der Waals surface area contributed by atoms with E-state index in [9.17, 15) is 13.2 Å². The van der Waals surface area contributed by atoms with Crippen LogP contribution in [-0.4, -0.2) is 50.0 Å². The number of hydrogen-bond acceptors (Lipinski definition) is 3. The van der Waals surface area contributed by atoms with E-state index in [4.69, 9.17) is 4.55 Å². The first kappa shape index (κ1) is 19.4. The molecule has 0 aromatic rings. The van der Waals surface area contributed by atoms with E-state index in [1.165, 1.54) is 20.2 Å². The van der Waals surface area contributed by atoms with Crippen LogP contribution in [0.25, 0.3) is 5.32 Å². The lowest BCUT2D eigenvalue weighted by Gasteiger charge is -2.23. The highest BCUT2D eigenvalue weighted by atomic mass is 32.2. The van der Waals surface area contributed by atoms with Crippen LogP contribution < -0.4 is 0 Å². The fourth-order valence-corrected chi connectivity index (χ4v) is 1.35. The normalized spacial score (nSPS) is 11.2. The van der Waals surface area contributed by atoms with Gasteiger partial charge in [-0.15, -0.1) is 15.0 Å². The van der Waals surface area contributed by atoms with Crippen molar-refractivity contribution in [2.24, 2.45) is 0 Å². The molecule has 0 atom stereocenters. The van der Waals surface area contributed by atoms with Gasteiger partial charge in [0, 0.05) is 0 Å². The molecule has 0 aromatic carbocycles. The van der Waals surface area contributed by atoms with Crippen LogP contribution in [-0.2, 0) is 15.1 Å². The Morgan fingerprint density at radius 3 is 2.06 bits per heavy atom. The van der Waals surface area contributed by atoms with E-state index in [0.717, 1.165) is 12.8 Å². The van der Waals surface area contributed by atoms with Gasteiger partial charge in [-0.25, -0.2) is 4.55 Å². The summed E-state index contributed by atoms with van der Waals surface area (Å²) >= 11 is 0. The van der Waals surface area contributed by atoms with Crippen LogP contribution in [0.2, 0.25) is 0 Å². The number of carbonyl (C=O) groups excluding carboxylic acids is 1. The van der Waals surface area contributed by atoms with Crippen molar-refractivity contribution in [1.82, 2.24) is 0 Å². The average molecular weight is 280 g/mol. The Labute approximate surface area is 110 Å². The Bertz CT molecular complexity index is 350. The molecule has 6 nitrogen and oxygen atoms in total. The number of carbonyl (C=O) groups is 1. The highest BCUT2D eigenvalue weighted by molar-refractivity contribution is 7.80. The molecule has 18 heavy (non-hydrogen) atoms. The second-order valence-electron chi connectivity index (χ2n) is 4.17. The molecule has 0 aromatic heterocycles. The Hall–Kier alpha value is -0.920. The monoisotopic (exact) mass is 280 g/mol. The lowest BCUT2D eigenvalue weighted by Crippen LogP contribution is -2.45. The molecule has 1 N–H and O–H groups in total. The van der Waals surface area contributed by atoms with Crippen molar-refractivity contribution in [2.45, 2.75) is 26.7 Å². The summed E-state index contributed by atoms with van der Waals surface area (Å²) in [6.07, 6.45) is 2.86. The third-order valence-electron chi connectivity index (χ3n) is 2.05. The summed E-state index contributed by atoms with van der Waals surface area (Å²) in [6.45, 7) is 8.15. The summed E-state index contributed by atoms with van der Waals surface area (Å²) in [4.78, 5) is 10.3.